The number of hydrogen-bond acceptors (Lipinski definition) is 4. The summed E-state index contributed by atoms with van der Waals surface area (Å²) in [5, 5.41) is 7.07. The number of carbonyl (C=O) groups excluding carboxylic acids is 1. The first-order valence-corrected chi connectivity index (χ1v) is 5.67. The zero-order valence-electron chi connectivity index (χ0n) is 9.94. The Bertz CT molecular complexity index is 567. The van der Waals surface area contributed by atoms with Crippen molar-refractivity contribution in [3.05, 3.63) is 29.7 Å². The van der Waals surface area contributed by atoms with E-state index in [2.05, 4.69) is 10.2 Å². The van der Waals surface area contributed by atoms with Crippen molar-refractivity contribution in [3.8, 4) is 0 Å². The molecule has 0 radical (unpaired) electrons. The van der Waals surface area contributed by atoms with Crippen LogP contribution >= 0.6 is 0 Å². The molecule has 0 aliphatic carbocycles. The van der Waals surface area contributed by atoms with E-state index in [0.717, 1.165) is 0 Å². The van der Waals surface area contributed by atoms with Crippen molar-refractivity contribution >= 4 is 16.9 Å². The second-order valence-electron chi connectivity index (χ2n) is 3.90. The first-order chi connectivity index (χ1) is 8.63. The number of nitrogens with one attached hydrogen (secondary N) is 1. The van der Waals surface area contributed by atoms with E-state index >= 15 is 0 Å². The lowest BCUT2D eigenvalue weighted by molar-refractivity contribution is -0.144. The van der Waals surface area contributed by atoms with E-state index in [9.17, 15) is 9.18 Å². The number of rotatable bonds is 4. The molecule has 1 heterocycles. The predicted molar refractivity (Wildman–Crippen MR) is 64.4 cm³/mol. The van der Waals surface area contributed by atoms with Gasteiger partial charge in [0.2, 0.25) is 0 Å². The number of benzene rings is 1. The molecule has 0 aliphatic rings. The lowest BCUT2D eigenvalue weighted by Crippen LogP contribution is -2.34. The van der Waals surface area contributed by atoms with Crippen molar-refractivity contribution in [2.45, 2.75) is 19.4 Å². The lowest BCUT2D eigenvalue weighted by atomic mass is 10.1. The van der Waals surface area contributed by atoms with Crippen LogP contribution in [-0.4, -0.2) is 28.8 Å². The van der Waals surface area contributed by atoms with Crippen LogP contribution in [0.5, 0.6) is 0 Å². The highest BCUT2D eigenvalue weighted by molar-refractivity contribution is 5.83. The molecular formula is C12H14FN3O2. The zero-order chi connectivity index (χ0) is 13.1. The van der Waals surface area contributed by atoms with Gasteiger partial charge >= 0.3 is 5.97 Å². The Morgan fingerprint density at radius 3 is 3.11 bits per heavy atom. The van der Waals surface area contributed by atoms with Crippen LogP contribution in [-0.2, 0) is 16.0 Å². The lowest BCUT2D eigenvalue weighted by Gasteiger charge is -2.08. The molecule has 2 aromatic rings. The molecule has 0 saturated carbocycles. The molecule has 1 unspecified atom stereocenters. The minimum atomic E-state index is -0.837. The smallest absolute Gasteiger partial charge is 0.323 e. The number of hydrogen-bond donors (Lipinski definition) is 2. The van der Waals surface area contributed by atoms with Crippen LogP contribution in [0.25, 0.3) is 10.9 Å². The number of nitrogens with two attached hydrogens (primary N) is 1. The fourth-order valence-corrected chi connectivity index (χ4v) is 1.78. The largest absolute Gasteiger partial charge is 0.465 e. The van der Waals surface area contributed by atoms with E-state index in [4.69, 9.17) is 10.5 Å². The molecule has 0 bridgehead atoms. The van der Waals surface area contributed by atoms with Gasteiger partial charge in [0.15, 0.2) is 0 Å². The summed E-state index contributed by atoms with van der Waals surface area (Å²) in [5.41, 5.74) is 6.70. The molecule has 1 aromatic carbocycles. The Kier molecular flexibility index (Phi) is 3.57. The maximum absolute atomic E-state index is 13.7. The average Bonchev–Trinajstić information content (AvgIpc) is 2.74. The average molecular weight is 251 g/mol. The Labute approximate surface area is 103 Å². The van der Waals surface area contributed by atoms with Gasteiger partial charge in [-0.2, -0.15) is 5.10 Å². The topological polar surface area (TPSA) is 81.0 Å². The monoisotopic (exact) mass is 251 g/mol. The zero-order valence-corrected chi connectivity index (χ0v) is 9.94. The molecule has 96 valence electrons. The molecule has 6 heteroatoms. The van der Waals surface area contributed by atoms with Gasteiger partial charge in [0, 0.05) is 6.42 Å². The third kappa shape index (κ3) is 2.33. The van der Waals surface area contributed by atoms with Crippen molar-refractivity contribution < 1.29 is 13.9 Å². The molecule has 18 heavy (non-hydrogen) atoms. The number of ether oxygens (including phenoxy) is 1. The van der Waals surface area contributed by atoms with E-state index in [0.29, 0.717) is 16.6 Å². The Balaban J connectivity index is 2.24. The van der Waals surface area contributed by atoms with E-state index in [1.54, 1.807) is 19.1 Å². The van der Waals surface area contributed by atoms with Crippen molar-refractivity contribution in [3.63, 3.8) is 0 Å². The molecule has 0 aliphatic heterocycles. The van der Waals surface area contributed by atoms with E-state index in [-0.39, 0.29) is 18.8 Å². The summed E-state index contributed by atoms with van der Waals surface area (Å²) in [4.78, 5) is 11.4. The summed E-state index contributed by atoms with van der Waals surface area (Å²) in [6, 6.07) is 3.81. The second kappa shape index (κ2) is 5.14. The number of esters is 1. The number of halogens is 1. The highest BCUT2D eigenvalue weighted by Gasteiger charge is 2.19. The summed E-state index contributed by atoms with van der Waals surface area (Å²) in [7, 11) is 0. The fraction of sp³-hybridized carbons (Fsp3) is 0.333. The van der Waals surface area contributed by atoms with Gasteiger partial charge in [-0.15, -0.1) is 0 Å². The minimum Gasteiger partial charge on any atom is -0.465 e. The van der Waals surface area contributed by atoms with E-state index in [1.807, 2.05) is 0 Å². The molecule has 5 nitrogen and oxygen atoms in total. The van der Waals surface area contributed by atoms with Crippen LogP contribution in [0.3, 0.4) is 0 Å². The molecule has 1 atom stereocenters. The highest BCUT2D eigenvalue weighted by Crippen LogP contribution is 2.20. The first kappa shape index (κ1) is 12.5. The number of aromatic amines is 1. The van der Waals surface area contributed by atoms with Crippen LogP contribution < -0.4 is 5.73 Å². The summed E-state index contributed by atoms with van der Waals surface area (Å²) < 4.78 is 18.5. The maximum Gasteiger partial charge on any atom is 0.323 e. The third-order valence-electron chi connectivity index (χ3n) is 2.62. The van der Waals surface area contributed by atoms with E-state index in [1.165, 1.54) is 6.07 Å². The Hall–Kier alpha value is -1.95. The molecule has 0 amide bonds. The molecule has 0 fully saturated rings. The maximum atomic E-state index is 13.7. The van der Waals surface area contributed by atoms with Gasteiger partial charge in [0.25, 0.3) is 0 Å². The predicted octanol–water partition coefficient (Wildman–Crippen LogP) is 1.13. The van der Waals surface area contributed by atoms with Gasteiger partial charge in [-0.05, 0) is 19.1 Å². The van der Waals surface area contributed by atoms with Crippen LogP contribution in [0.2, 0.25) is 0 Å². The normalized spacial score (nSPS) is 12.6. The standard InChI is InChI=1S/C12H14FN3O2/c1-2-18-12(17)8(14)6-10-11-7(13)4-3-5-9(11)15-16-10/h3-5,8H,2,6,14H2,1H3,(H,15,16). The Morgan fingerprint density at radius 1 is 1.61 bits per heavy atom. The molecule has 0 saturated heterocycles. The minimum absolute atomic E-state index is 0.139. The van der Waals surface area contributed by atoms with Gasteiger partial charge in [-0.3, -0.25) is 9.89 Å². The summed E-state index contributed by atoms with van der Waals surface area (Å²) >= 11 is 0. The highest BCUT2D eigenvalue weighted by atomic mass is 19.1. The number of fused-ring (bicyclic) bond motifs is 1. The van der Waals surface area contributed by atoms with E-state index < -0.39 is 12.0 Å². The second-order valence-corrected chi connectivity index (χ2v) is 3.90. The quantitative estimate of drug-likeness (QED) is 0.798. The van der Waals surface area contributed by atoms with Gasteiger partial charge in [-0.1, -0.05) is 6.07 Å². The number of H-pyrrole nitrogens is 1. The number of carbonyl (C=O) groups is 1. The van der Waals surface area contributed by atoms with Gasteiger partial charge < -0.3 is 10.5 Å². The van der Waals surface area contributed by atoms with Crippen molar-refractivity contribution in [1.82, 2.24) is 10.2 Å². The summed E-state index contributed by atoms with van der Waals surface area (Å²) in [6.07, 6.45) is 0.139. The fourth-order valence-electron chi connectivity index (χ4n) is 1.78. The molecule has 3 N–H and O–H groups in total. The summed E-state index contributed by atoms with van der Waals surface area (Å²) in [6.45, 7) is 1.97. The van der Waals surface area contributed by atoms with Gasteiger partial charge in [-0.25, -0.2) is 4.39 Å². The SMILES string of the molecule is CCOC(=O)C(N)Cc1n[nH]c2cccc(F)c12. The van der Waals surface area contributed by atoms with Crippen LogP contribution in [0, 0.1) is 5.82 Å². The Morgan fingerprint density at radius 2 is 2.39 bits per heavy atom. The molecular weight excluding hydrogens is 237 g/mol. The van der Waals surface area contributed by atoms with Crippen LogP contribution in [0.15, 0.2) is 18.2 Å². The van der Waals surface area contributed by atoms with Crippen molar-refractivity contribution in [2.24, 2.45) is 5.73 Å². The first-order valence-electron chi connectivity index (χ1n) is 5.67. The molecule has 1 aromatic heterocycles. The van der Waals surface area contributed by atoms with Gasteiger partial charge in [0.1, 0.15) is 11.9 Å². The third-order valence-corrected chi connectivity index (χ3v) is 2.62. The van der Waals surface area contributed by atoms with Crippen LogP contribution in [0.4, 0.5) is 4.39 Å². The van der Waals surface area contributed by atoms with Crippen LogP contribution in [0.1, 0.15) is 12.6 Å². The molecule has 0 spiro atoms. The number of nitrogens with zero attached hydrogens (tertiary/aromatic N) is 1. The van der Waals surface area contributed by atoms with Crippen molar-refractivity contribution in [2.75, 3.05) is 6.61 Å². The number of aromatic nitrogens is 2. The van der Waals surface area contributed by atoms with Crippen molar-refractivity contribution in [1.29, 1.82) is 0 Å². The van der Waals surface area contributed by atoms with Gasteiger partial charge in [0.05, 0.1) is 23.2 Å². The summed E-state index contributed by atoms with van der Waals surface area (Å²) in [5.74, 6) is -0.891. The molecule has 2 rings (SSSR count).